The van der Waals surface area contributed by atoms with Crippen molar-refractivity contribution >= 4 is 5.78 Å². The normalized spacial score (nSPS) is 27.0. The molecule has 2 heteroatoms. The van der Waals surface area contributed by atoms with Crippen LogP contribution in [0.15, 0.2) is 48.5 Å². The van der Waals surface area contributed by atoms with Crippen molar-refractivity contribution in [2.75, 3.05) is 0 Å². The van der Waals surface area contributed by atoms with E-state index in [4.69, 9.17) is 0 Å². The lowest BCUT2D eigenvalue weighted by molar-refractivity contribution is 0.0948. The quantitative estimate of drug-likeness (QED) is 0.443. The van der Waals surface area contributed by atoms with E-state index in [2.05, 4.69) is 31.2 Å². The predicted octanol–water partition coefficient (Wildman–Crippen LogP) is 8.06. The Morgan fingerprint density at radius 1 is 0.733 bits per heavy atom. The zero-order chi connectivity index (χ0) is 20.9. The first-order chi connectivity index (χ1) is 14.6. The third-order valence-corrected chi connectivity index (χ3v) is 7.79. The second kappa shape index (κ2) is 9.90. The number of carbonyl (C=O) groups excluding carboxylic acids is 1. The van der Waals surface area contributed by atoms with E-state index in [0.717, 1.165) is 37.2 Å². The van der Waals surface area contributed by atoms with Crippen LogP contribution >= 0.6 is 0 Å². The van der Waals surface area contributed by atoms with Crippen molar-refractivity contribution in [2.24, 2.45) is 11.8 Å². The van der Waals surface area contributed by atoms with Crippen molar-refractivity contribution in [1.82, 2.24) is 0 Å². The van der Waals surface area contributed by atoms with Gasteiger partial charge in [0.1, 0.15) is 5.82 Å². The minimum Gasteiger partial charge on any atom is -0.294 e. The molecule has 0 amide bonds. The number of benzene rings is 2. The fourth-order valence-corrected chi connectivity index (χ4v) is 5.66. The Hall–Kier alpha value is -1.96. The summed E-state index contributed by atoms with van der Waals surface area (Å²) in [5.41, 5.74) is 3.53. The SMILES string of the molecule is CCC1CCC(c2ccc(C(=O)CC3CCC(c4ccc(F)cc4)CC3)cc2)CC1. The summed E-state index contributed by atoms with van der Waals surface area (Å²) < 4.78 is 13.1. The van der Waals surface area contributed by atoms with Crippen LogP contribution < -0.4 is 0 Å². The zero-order valence-corrected chi connectivity index (χ0v) is 18.3. The molecule has 160 valence electrons. The maximum Gasteiger partial charge on any atom is 0.163 e. The number of hydrogen-bond acceptors (Lipinski definition) is 1. The van der Waals surface area contributed by atoms with Crippen molar-refractivity contribution in [3.8, 4) is 0 Å². The third kappa shape index (κ3) is 5.20. The van der Waals surface area contributed by atoms with Crippen LogP contribution in [0.5, 0.6) is 0 Å². The molecule has 2 aliphatic rings. The standard InChI is InChI=1S/C28H35FO/c1-2-20-3-7-22(8-4-20)24-11-13-26(14-12-24)28(30)19-21-5-9-23(10-6-21)25-15-17-27(29)18-16-25/h11-18,20-23H,2-10,19H2,1H3. The van der Waals surface area contributed by atoms with Gasteiger partial charge < -0.3 is 0 Å². The second-order valence-electron chi connectivity index (χ2n) is 9.64. The number of Topliss-reactive ketones (excluding diaryl/α,β-unsaturated/α-hetero) is 1. The molecule has 0 heterocycles. The zero-order valence-electron chi connectivity index (χ0n) is 18.3. The second-order valence-corrected chi connectivity index (χ2v) is 9.64. The van der Waals surface area contributed by atoms with Gasteiger partial charge in [-0.2, -0.15) is 0 Å². The van der Waals surface area contributed by atoms with Gasteiger partial charge in [0, 0.05) is 12.0 Å². The van der Waals surface area contributed by atoms with Gasteiger partial charge in [0.05, 0.1) is 0 Å². The summed E-state index contributed by atoms with van der Waals surface area (Å²) in [6.07, 6.45) is 11.6. The molecule has 4 rings (SSSR count). The van der Waals surface area contributed by atoms with Crippen molar-refractivity contribution < 1.29 is 9.18 Å². The molecule has 2 aliphatic carbocycles. The van der Waals surface area contributed by atoms with Gasteiger partial charge in [0.25, 0.3) is 0 Å². The van der Waals surface area contributed by atoms with E-state index in [9.17, 15) is 9.18 Å². The molecule has 0 atom stereocenters. The van der Waals surface area contributed by atoms with Crippen molar-refractivity contribution in [3.05, 3.63) is 71.0 Å². The topological polar surface area (TPSA) is 17.1 Å². The van der Waals surface area contributed by atoms with E-state index in [-0.39, 0.29) is 5.82 Å². The fourth-order valence-electron chi connectivity index (χ4n) is 5.66. The number of rotatable bonds is 6. The third-order valence-electron chi connectivity index (χ3n) is 7.79. The molecular formula is C28H35FO. The van der Waals surface area contributed by atoms with E-state index in [0.29, 0.717) is 30.0 Å². The van der Waals surface area contributed by atoms with Crippen LogP contribution in [-0.4, -0.2) is 5.78 Å². The van der Waals surface area contributed by atoms with Gasteiger partial charge in [-0.3, -0.25) is 4.79 Å². The van der Waals surface area contributed by atoms with Gasteiger partial charge in [-0.25, -0.2) is 4.39 Å². The van der Waals surface area contributed by atoms with Gasteiger partial charge in [-0.15, -0.1) is 0 Å². The van der Waals surface area contributed by atoms with Crippen LogP contribution in [0, 0.1) is 17.7 Å². The Balaban J connectivity index is 1.27. The van der Waals surface area contributed by atoms with Gasteiger partial charge >= 0.3 is 0 Å². The summed E-state index contributed by atoms with van der Waals surface area (Å²) in [4.78, 5) is 12.8. The minimum absolute atomic E-state index is 0.169. The first-order valence-electron chi connectivity index (χ1n) is 12.0. The molecule has 0 aliphatic heterocycles. The summed E-state index contributed by atoms with van der Waals surface area (Å²) in [6, 6.07) is 15.5. The molecule has 0 bridgehead atoms. The Morgan fingerprint density at radius 3 is 1.70 bits per heavy atom. The fraction of sp³-hybridized carbons (Fsp3) is 0.536. The van der Waals surface area contributed by atoms with Crippen molar-refractivity contribution in [3.63, 3.8) is 0 Å². The molecule has 0 N–H and O–H groups in total. The molecule has 0 aromatic heterocycles. The molecule has 0 saturated heterocycles. The Morgan fingerprint density at radius 2 is 1.20 bits per heavy atom. The van der Waals surface area contributed by atoms with Crippen LogP contribution in [0.4, 0.5) is 4.39 Å². The lowest BCUT2D eigenvalue weighted by atomic mass is 9.76. The van der Waals surface area contributed by atoms with Crippen molar-refractivity contribution in [1.29, 1.82) is 0 Å². The Labute approximate surface area is 181 Å². The maximum absolute atomic E-state index is 13.1. The molecular weight excluding hydrogens is 371 g/mol. The molecule has 1 nitrogen and oxygen atoms in total. The van der Waals surface area contributed by atoms with Crippen LogP contribution in [0.25, 0.3) is 0 Å². The molecule has 2 aromatic carbocycles. The first-order valence-corrected chi connectivity index (χ1v) is 12.0. The summed E-state index contributed by atoms with van der Waals surface area (Å²) >= 11 is 0. The molecule has 30 heavy (non-hydrogen) atoms. The Bertz CT molecular complexity index is 807. The van der Waals surface area contributed by atoms with Crippen LogP contribution in [0.3, 0.4) is 0 Å². The van der Waals surface area contributed by atoms with E-state index in [1.54, 1.807) is 12.1 Å². The predicted molar refractivity (Wildman–Crippen MR) is 121 cm³/mol. The van der Waals surface area contributed by atoms with Gasteiger partial charge in [-0.1, -0.05) is 49.7 Å². The molecule has 2 aromatic rings. The summed E-state index contributed by atoms with van der Waals surface area (Å²) in [5.74, 6) is 2.72. The van der Waals surface area contributed by atoms with Crippen LogP contribution in [-0.2, 0) is 0 Å². The summed E-state index contributed by atoms with van der Waals surface area (Å²) in [6.45, 7) is 2.31. The first kappa shape index (κ1) is 21.3. The summed E-state index contributed by atoms with van der Waals surface area (Å²) in [7, 11) is 0. The molecule has 2 fully saturated rings. The highest BCUT2D eigenvalue weighted by atomic mass is 19.1. The average Bonchev–Trinajstić information content (AvgIpc) is 2.80. The highest BCUT2D eigenvalue weighted by Crippen LogP contribution is 2.38. The van der Waals surface area contributed by atoms with Gasteiger partial charge in [-0.05, 0) is 98.3 Å². The van der Waals surface area contributed by atoms with Gasteiger partial charge in [0.15, 0.2) is 5.78 Å². The molecule has 2 saturated carbocycles. The van der Waals surface area contributed by atoms with E-state index >= 15 is 0 Å². The lowest BCUT2D eigenvalue weighted by Gasteiger charge is -2.29. The van der Waals surface area contributed by atoms with Crippen LogP contribution in [0.2, 0.25) is 0 Å². The largest absolute Gasteiger partial charge is 0.294 e. The van der Waals surface area contributed by atoms with E-state index in [1.807, 2.05) is 12.1 Å². The molecule has 0 radical (unpaired) electrons. The van der Waals surface area contributed by atoms with Crippen LogP contribution in [0.1, 0.15) is 104 Å². The average molecular weight is 407 g/mol. The Kier molecular flexibility index (Phi) is 7.02. The van der Waals surface area contributed by atoms with E-state index < -0.39 is 0 Å². The number of halogens is 1. The monoisotopic (exact) mass is 406 g/mol. The highest BCUT2D eigenvalue weighted by molar-refractivity contribution is 5.96. The molecule has 0 spiro atoms. The number of hydrogen-bond donors (Lipinski definition) is 0. The number of ketones is 1. The van der Waals surface area contributed by atoms with Crippen molar-refractivity contribution in [2.45, 2.75) is 83.0 Å². The maximum atomic E-state index is 13.1. The smallest absolute Gasteiger partial charge is 0.163 e. The van der Waals surface area contributed by atoms with Gasteiger partial charge in [0.2, 0.25) is 0 Å². The highest BCUT2D eigenvalue weighted by Gasteiger charge is 2.25. The molecule has 0 unspecified atom stereocenters. The summed E-state index contributed by atoms with van der Waals surface area (Å²) in [5, 5.41) is 0. The number of carbonyl (C=O) groups is 1. The minimum atomic E-state index is -0.169. The lowest BCUT2D eigenvalue weighted by Crippen LogP contribution is -2.17. The van der Waals surface area contributed by atoms with E-state index in [1.165, 1.54) is 43.2 Å².